The fourth-order valence-electron chi connectivity index (χ4n) is 3.88. The maximum Gasteiger partial charge on any atom is 0.271 e. The number of aromatic nitrogens is 2. The van der Waals surface area contributed by atoms with Gasteiger partial charge in [0.15, 0.2) is 0 Å². The van der Waals surface area contributed by atoms with Gasteiger partial charge in [-0.3, -0.25) is 14.5 Å². The number of amides is 1. The number of anilines is 2. The number of nitrogen functional groups attached to an aromatic ring is 1. The number of rotatable bonds is 6. The summed E-state index contributed by atoms with van der Waals surface area (Å²) in [6.07, 6.45) is 2.33. The second-order valence-corrected chi connectivity index (χ2v) is 8.24. The number of nitrogens with two attached hydrogens (primary N) is 1. The molecule has 10 heteroatoms. The van der Waals surface area contributed by atoms with Gasteiger partial charge in [-0.25, -0.2) is 13.8 Å². The Morgan fingerprint density at radius 2 is 2.03 bits per heavy atom. The van der Waals surface area contributed by atoms with Gasteiger partial charge in [0.25, 0.3) is 11.5 Å². The molecule has 0 aliphatic carbocycles. The largest absolute Gasteiger partial charge is 0.456 e. The van der Waals surface area contributed by atoms with E-state index in [2.05, 4.69) is 15.3 Å². The molecule has 0 spiro atoms. The molecule has 2 unspecified atom stereocenters. The lowest BCUT2D eigenvalue weighted by atomic mass is 9.87. The first kappa shape index (κ1) is 23.4. The minimum absolute atomic E-state index is 0.0498. The first-order chi connectivity index (χ1) is 16.2. The van der Waals surface area contributed by atoms with Crippen molar-refractivity contribution in [1.29, 1.82) is 0 Å². The molecule has 1 aromatic carbocycles. The molecule has 1 fully saturated rings. The number of para-hydroxylation sites is 1. The zero-order valence-electron chi connectivity index (χ0n) is 18.5. The van der Waals surface area contributed by atoms with Crippen LogP contribution in [-0.2, 0) is 4.79 Å². The quantitative estimate of drug-likeness (QED) is 0.509. The summed E-state index contributed by atoms with van der Waals surface area (Å²) < 4.78 is 35.1. The Morgan fingerprint density at radius 3 is 2.71 bits per heavy atom. The summed E-state index contributed by atoms with van der Waals surface area (Å²) in [5.41, 5.74) is 5.20. The number of likely N-dealkylation sites (tertiary alicyclic amines) is 1. The molecule has 1 amide bonds. The molecule has 3 aromatic rings. The fourth-order valence-corrected chi connectivity index (χ4v) is 3.88. The SMILES string of the molecule is CC(C(=O)Nc1ccc(Oc2ccccc2)cn1)N1CCC(F)(F)C(c2c[nH]c(=O)c(N)c2)C1. The highest BCUT2D eigenvalue weighted by atomic mass is 19.3. The molecule has 2 aromatic heterocycles. The van der Waals surface area contributed by atoms with Crippen molar-refractivity contribution in [3.05, 3.63) is 76.8 Å². The van der Waals surface area contributed by atoms with Crippen LogP contribution in [-0.4, -0.2) is 45.8 Å². The number of alkyl halides is 2. The first-order valence-electron chi connectivity index (χ1n) is 10.8. The van der Waals surface area contributed by atoms with Crippen LogP contribution in [0.2, 0.25) is 0 Å². The average Bonchev–Trinajstić information content (AvgIpc) is 2.82. The van der Waals surface area contributed by atoms with Gasteiger partial charge in [0.1, 0.15) is 17.3 Å². The van der Waals surface area contributed by atoms with Crippen LogP contribution in [0.3, 0.4) is 0 Å². The molecule has 34 heavy (non-hydrogen) atoms. The normalized spacial score (nSPS) is 18.7. The van der Waals surface area contributed by atoms with Crippen LogP contribution >= 0.6 is 0 Å². The number of benzene rings is 1. The summed E-state index contributed by atoms with van der Waals surface area (Å²) in [7, 11) is 0. The summed E-state index contributed by atoms with van der Waals surface area (Å²) in [5, 5.41) is 2.72. The number of hydrogen-bond donors (Lipinski definition) is 3. The second kappa shape index (κ2) is 9.60. The molecule has 4 N–H and O–H groups in total. The molecule has 1 saturated heterocycles. The van der Waals surface area contributed by atoms with Crippen LogP contribution in [0, 0.1) is 0 Å². The number of aromatic amines is 1. The molecule has 0 radical (unpaired) electrons. The van der Waals surface area contributed by atoms with Gasteiger partial charge in [-0.15, -0.1) is 0 Å². The number of nitrogens with one attached hydrogen (secondary N) is 2. The van der Waals surface area contributed by atoms with Gasteiger partial charge in [-0.05, 0) is 42.8 Å². The van der Waals surface area contributed by atoms with Crippen molar-refractivity contribution in [3.8, 4) is 11.5 Å². The third kappa shape index (κ3) is 5.23. The number of nitrogens with zero attached hydrogens (tertiary/aromatic N) is 2. The molecular formula is C24H25F2N5O3. The third-order valence-corrected chi connectivity index (χ3v) is 5.91. The molecule has 1 aliphatic heterocycles. The summed E-state index contributed by atoms with van der Waals surface area (Å²) in [5.74, 6) is -3.07. The highest BCUT2D eigenvalue weighted by Crippen LogP contribution is 2.40. The topological polar surface area (TPSA) is 113 Å². The third-order valence-electron chi connectivity index (χ3n) is 5.91. The Kier molecular flexibility index (Phi) is 6.60. The van der Waals surface area contributed by atoms with Gasteiger partial charge in [0.05, 0.1) is 23.8 Å². The van der Waals surface area contributed by atoms with Crippen LogP contribution in [0.5, 0.6) is 11.5 Å². The van der Waals surface area contributed by atoms with Crippen molar-refractivity contribution in [2.24, 2.45) is 0 Å². The number of ether oxygens (including phenoxy) is 1. The van der Waals surface area contributed by atoms with E-state index in [4.69, 9.17) is 10.5 Å². The predicted molar refractivity (Wildman–Crippen MR) is 124 cm³/mol. The summed E-state index contributed by atoms with van der Waals surface area (Å²) in [6.45, 7) is 1.64. The van der Waals surface area contributed by atoms with Crippen LogP contribution in [0.1, 0.15) is 24.8 Å². The van der Waals surface area contributed by atoms with Crippen LogP contribution in [0.4, 0.5) is 20.3 Å². The number of piperidine rings is 1. The maximum absolute atomic E-state index is 14.7. The van der Waals surface area contributed by atoms with E-state index in [1.54, 1.807) is 24.0 Å². The van der Waals surface area contributed by atoms with Crippen molar-refractivity contribution < 1.29 is 18.3 Å². The van der Waals surface area contributed by atoms with Crippen LogP contribution in [0.25, 0.3) is 0 Å². The lowest BCUT2D eigenvalue weighted by Gasteiger charge is -2.40. The molecule has 178 valence electrons. The molecule has 8 nitrogen and oxygen atoms in total. The maximum atomic E-state index is 14.7. The lowest BCUT2D eigenvalue weighted by molar-refractivity contribution is -0.125. The number of carbonyl (C=O) groups is 1. The van der Waals surface area contributed by atoms with Gasteiger partial charge >= 0.3 is 0 Å². The van der Waals surface area contributed by atoms with Crippen molar-refractivity contribution in [2.75, 3.05) is 24.1 Å². The Labute approximate surface area is 194 Å². The van der Waals surface area contributed by atoms with E-state index in [-0.39, 0.29) is 30.2 Å². The van der Waals surface area contributed by atoms with Crippen LogP contribution in [0.15, 0.2) is 65.7 Å². The lowest BCUT2D eigenvalue weighted by Crippen LogP contribution is -2.52. The summed E-state index contributed by atoms with van der Waals surface area (Å²) >= 11 is 0. The van der Waals surface area contributed by atoms with Gasteiger partial charge in [-0.2, -0.15) is 0 Å². The number of halogens is 2. The number of H-pyrrole nitrogens is 1. The molecule has 0 bridgehead atoms. The zero-order chi connectivity index (χ0) is 24.3. The van der Waals surface area contributed by atoms with E-state index in [0.717, 1.165) is 0 Å². The number of carbonyl (C=O) groups excluding carboxylic acids is 1. The molecule has 1 aliphatic rings. The summed E-state index contributed by atoms with van der Waals surface area (Å²) in [4.78, 5) is 32.6. The highest BCUT2D eigenvalue weighted by Gasteiger charge is 2.46. The number of pyridine rings is 2. The van der Waals surface area contributed by atoms with Gasteiger partial charge in [0, 0.05) is 25.7 Å². The number of hydrogen-bond acceptors (Lipinski definition) is 6. The first-order valence-corrected chi connectivity index (χ1v) is 10.8. The predicted octanol–water partition coefficient (Wildman–Crippen LogP) is 3.60. The Hall–Kier alpha value is -3.79. The zero-order valence-corrected chi connectivity index (χ0v) is 18.5. The Bertz CT molecular complexity index is 1200. The van der Waals surface area contributed by atoms with E-state index in [1.807, 2.05) is 30.3 Å². The minimum atomic E-state index is -2.99. The smallest absolute Gasteiger partial charge is 0.271 e. The molecule has 0 saturated carbocycles. The van der Waals surface area contributed by atoms with E-state index < -0.39 is 29.9 Å². The van der Waals surface area contributed by atoms with E-state index in [1.165, 1.54) is 18.5 Å². The van der Waals surface area contributed by atoms with E-state index in [0.29, 0.717) is 17.3 Å². The van der Waals surface area contributed by atoms with Crippen molar-refractivity contribution in [3.63, 3.8) is 0 Å². The van der Waals surface area contributed by atoms with Crippen molar-refractivity contribution >= 4 is 17.4 Å². The second-order valence-electron chi connectivity index (χ2n) is 8.24. The Balaban J connectivity index is 1.40. The van der Waals surface area contributed by atoms with E-state index in [9.17, 15) is 18.4 Å². The highest BCUT2D eigenvalue weighted by molar-refractivity contribution is 5.93. The molecule has 2 atom stereocenters. The monoisotopic (exact) mass is 469 g/mol. The van der Waals surface area contributed by atoms with Crippen molar-refractivity contribution in [2.45, 2.75) is 31.2 Å². The fraction of sp³-hybridized carbons (Fsp3) is 0.292. The summed E-state index contributed by atoms with van der Waals surface area (Å²) in [6, 6.07) is 13.1. The van der Waals surface area contributed by atoms with Gasteiger partial charge < -0.3 is 20.8 Å². The van der Waals surface area contributed by atoms with Crippen molar-refractivity contribution in [1.82, 2.24) is 14.9 Å². The van der Waals surface area contributed by atoms with Gasteiger partial charge in [0.2, 0.25) is 5.91 Å². The Morgan fingerprint density at radius 1 is 1.26 bits per heavy atom. The standard InChI is InChI=1S/C24H25F2N5O3/c1-15(22(32)30-21-8-7-18(13-28-21)34-17-5-3-2-4-6-17)31-10-9-24(25,26)19(14-31)16-11-20(27)23(33)29-12-16/h2-8,11-13,15,19H,9-10,14,27H2,1H3,(H,29,33)(H,28,30,32). The minimum Gasteiger partial charge on any atom is -0.456 e. The molecule has 4 rings (SSSR count). The van der Waals surface area contributed by atoms with E-state index >= 15 is 0 Å². The molecular weight excluding hydrogens is 444 g/mol. The average molecular weight is 469 g/mol. The molecule has 3 heterocycles. The van der Waals surface area contributed by atoms with Crippen LogP contribution < -0.4 is 21.3 Å². The van der Waals surface area contributed by atoms with Gasteiger partial charge in [-0.1, -0.05) is 18.2 Å².